The summed E-state index contributed by atoms with van der Waals surface area (Å²) in [6.07, 6.45) is 3.10. The molecule has 0 spiro atoms. The van der Waals surface area contributed by atoms with Crippen molar-refractivity contribution in [2.75, 3.05) is 17.2 Å². The van der Waals surface area contributed by atoms with Gasteiger partial charge in [0.25, 0.3) is 0 Å². The van der Waals surface area contributed by atoms with E-state index >= 15 is 0 Å². The molecule has 2 aromatic rings. The topological polar surface area (TPSA) is 106 Å². The number of anilines is 2. The molecule has 2 heterocycles. The van der Waals surface area contributed by atoms with Crippen molar-refractivity contribution < 1.29 is 14.3 Å². The number of aromatic nitrogens is 3. The molecule has 104 valence electrons. The van der Waals surface area contributed by atoms with Crippen LogP contribution in [0.3, 0.4) is 0 Å². The Bertz CT molecular complexity index is 601. The lowest BCUT2D eigenvalue weighted by atomic mass is 10.4. The second-order valence-corrected chi connectivity index (χ2v) is 4.24. The van der Waals surface area contributed by atoms with Crippen molar-refractivity contribution in [1.29, 1.82) is 0 Å². The Labute approximate surface area is 118 Å². The normalized spacial score (nSPS) is 9.85. The van der Waals surface area contributed by atoms with Crippen LogP contribution in [0.2, 0.25) is 0 Å². The molecule has 0 saturated heterocycles. The summed E-state index contributed by atoms with van der Waals surface area (Å²) in [5.74, 6) is -0.625. The summed E-state index contributed by atoms with van der Waals surface area (Å²) < 4.78 is 8.44. The van der Waals surface area contributed by atoms with Gasteiger partial charge in [0.1, 0.15) is 0 Å². The van der Waals surface area contributed by atoms with Gasteiger partial charge in [-0.3, -0.25) is 10.3 Å². The number of nitrogens with one attached hydrogen (secondary N) is 2. The Kier molecular flexibility index (Phi) is 4.56. The van der Waals surface area contributed by atoms with Crippen LogP contribution in [-0.4, -0.2) is 33.2 Å². The number of esters is 1. The first-order valence-electron chi connectivity index (χ1n) is 5.68. The van der Waals surface area contributed by atoms with Crippen molar-refractivity contribution in [3.05, 3.63) is 30.2 Å². The van der Waals surface area contributed by atoms with Gasteiger partial charge in [-0.25, -0.2) is 9.59 Å². The Morgan fingerprint density at radius 3 is 2.75 bits per heavy atom. The van der Waals surface area contributed by atoms with Gasteiger partial charge in [-0.2, -0.15) is 0 Å². The molecule has 0 aliphatic heterocycles. The van der Waals surface area contributed by atoms with Gasteiger partial charge in [0.05, 0.1) is 6.61 Å². The highest BCUT2D eigenvalue weighted by Crippen LogP contribution is 2.19. The van der Waals surface area contributed by atoms with Crippen molar-refractivity contribution in [2.24, 2.45) is 0 Å². The first-order chi connectivity index (χ1) is 9.70. The highest BCUT2D eigenvalue weighted by Gasteiger charge is 2.19. The van der Waals surface area contributed by atoms with Gasteiger partial charge >= 0.3 is 12.0 Å². The zero-order valence-electron chi connectivity index (χ0n) is 10.5. The van der Waals surface area contributed by atoms with Crippen molar-refractivity contribution in [2.45, 2.75) is 6.92 Å². The second kappa shape index (κ2) is 6.57. The molecule has 0 atom stereocenters. The highest BCUT2D eigenvalue weighted by molar-refractivity contribution is 7.10. The van der Waals surface area contributed by atoms with Gasteiger partial charge in [-0.1, -0.05) is 4.49 Å². The minimum Gasteiger partial charge on any atom is -0.461 e. The molecule has 0 saturated carbocycles. The van der Waals surface area contributed by atoms with Gasteiger partial charge in [-0.15, -0.1) is 5.10 Å². The monoisotopic (exact) mass is 293 g/mol. The van der Waals surface area contributed by atoms with E-state index in [4.69, 9.17) is 4.74 Å². The molecule has 0 fully saturated rings. The van der Waals surface area contributed by atoms with Crippen LogP contribution in [-0.2, 0) is 4.74 Å². The third-order valence-electron chi connectivity index (χ3n) is 2.12. The minimum absolute atomic E-state index is 0.0123. The molecule has 2 rings (SSSR count). The Hall–Kier alpha value is -2.55. The van der Waals surface area contributed by atoms with Gasteiger partial charge in [0, 0.05) is 29.6 Å². The van der Waals surface area contributed by atoms with E-state index in [1.54, 1.807) is 31.5 Å². The van der Waals surface area contributed by atoms with E-state index in [0.717, 1.165) is 11.5 Å². The van der Waals surface area contributed by atoms with Gasteiger partial charge in [0.2, 0.25) is 5.69 Å². The number of carbonyl (C=O) groups excluding carboxylic acids is 2. The van der Waals surface area contributed by atoms with Crippen LogP contribution in [0.1, 0.15) is 17.4 Å². The van der Waals surface area contributed by atoms with Gasteiger partial charge < -0.3 is 10.1 Å². The first kappa shape index (κ1) is 13.9. The number of carbonyl (C=O) groups is 2. The largest absolute Gasteiger partial charge is 0.461 e. The van der Waals surface area contributed by atoms with E-state index in [-0.39, 0.29) is 17.3 Å². The number of rotatable bonds is 4. The zero-order valence-corrected chi connectivity index (χ0v) is 11.3. The molecule has 20 heavy (non-hydrogen) atoms. The van der Waals surface area contributed by atoms with Crippen molar-refractivity contribution in [3.8, 4) is 0 Å². The summed E-state index contributed by atoms with van der Waals surface area (Å²) >= 11 is 0.896. The molecule has 0 bridgehead atoms. The fourth-order valence-electron chi connectivity index (χ4n) is 1.31. The van der Waals surface area contributed by atoms with Crippen LogP contribution in [0.15, 0.2) is 24.5 Å². The fourth-order valence-corrected chi connectivity index (χ4v) is 1.86. The average Bonchev–Trinajstić information content (AvgIpc) is 2.88. The van der Waals surface area contributed by atoms with E-state index in [2.05, 4.69) is 25.2 Å². The van der Waals surface area contributed by atoms with Crippen LogP contribution in [0, 0.1) is 0 Å². The van der Waals surface area contributed by atoms with E-state index in [9.17, 15) is 9.59 Å². The minimum atomic E-state index is -0.625. The maximum atomic E-state index is 11.8. The Balaban J connectivity index is 2.02. The van der Waals surface area contributed by atoms with Crippen LogP contribution in [0.4, 0.5) is 15.5 Å². The lowest BCUT2D eigenvalue weighted by Gasteiger charge is -2.06. The van der Waals surface area contributed by atoms with E-state index in [1.807, 2.05) is 0 Å². The summed E-state index contributed by atoms with van der Waals surface area (Å²) in [6, 6.07) is 2.76. The van der Waals surface area contributed by atoms with Crippen LogP contribution >= 0.6 is 11.5 Å². The summed E-state index contributed by atoms with van der Waals surface area (Å²) in [6.45, 7) is 1.90. The highest BCUT2D eigenvalue weighted by atomic mass is 32.1. The molecule has 0 aliphatic rings. The number of amides is 2. The maximum Gasteiger partial charge on any atom is 0.362 e. The summed E-state index contributed by atoms with van der Waals surface area (Å²) in [5.41, 5.74) is 0.564. The van der Waals surface area contributed by atoms with Crippen molar-refractivity contribution >= 4 is 34.2 Å². The summed E-state index contributed by atoms with van der Waals surface area (Å²) in [4.78, 5) is 27.2. The van der Waals surface area contributed by atoms with Crippen LogP contribution < -0.4 is 10.6 Å². The quantitative estimate of drug-likeness (QED) is 0.832. The maximum absolute atomic E-state index is 11.8. The molecule has 2 N–H and O–H groups in total. The third kappa shape index (κ3) is 3.48. The number of pyridine rings is 1. The molecule has 9 heteroatoms. The average molecular weight is 293 g/mol. The van der Waals surface area contributed by atoms with Crippen LogP contribution in [0.25, 0.3) is 0 Å². The second-order valence-electron chi connectivity index (χ2n) is 3.49. The molecule has 0 aliphatic carbocycles. The van der Waals surface area contributed by atoms with E-state index in [0.29, 0.717) is 5.69 Å². The first-order valence-corrected chi connectivity index (χ1v) is 6.45. The van der Waals surface area contributed by atoms with Crippen molar-refractivity contribution in [1.82, 2.24) is 14.6 Å². The standard InChI is InChI=1S/C11H11N5O3S/c1-2-19-10(17)8-9(20-16-15-8)14-11(18)13-7-3-5-12-6-4-7/h3-6H,2H2,1H3,(H2,12,13,14,18). The molecule has 2 amide bonds. The molecule has 8 nitrogen and oxygen atoms in total. The molecular formula is C11H11N5O3S. The van der Waals surface area contributed by atoms with Crippen LogP contribution in [0.5, 0.6) is 0 Å². The molecule has 2 aromatic heterocycles. The molecule has 0 radical (unpaired) electrons. The predicted octanol–water partition coefficient (Wildman–Crippen LogP) is 1.75. The van der Waals surface area contributed by atoms with E-state index < -0.39 is 12.0 Å². The van der Waals surface area contributed by atoms with Gasteiger partial charge in [0.15, 0.2) is 5.00 Å². The number of hydrogen-bond donors (Lipinski definition) is 2. The van der Waals surface area contributed by atoms with E-state index in [1.165, 1.54) is 0 Å². The Morgan fingerprint density at radius 1 is 1.30 bits per heavy atom. The lowest BCUT2D eigenvalue weighted by Crippen LogP contribution is -2.20. The lowest BCUT2D eigenvalue weighted by molar-refractivity contribution is 0.0520. The Morgan fingerprint density at radius 2 is 2.05 bits per heavy atom. The fraction of sp³-hybridized carbons (Fsp3) is 0.182. The number of nitrogens with zero attached hydrogens (tertiary/aromatic N) is 3. The number of hydrogen-bond acceptors (Lipinski definition) is 7. The number of ether oxygens (including phenoxy) is 1. The molecular weight excluding hydrogens is 282 g/mol. The molecule has 0 unspecified atom stereocenters. The smallest absolute Gasteiger partial charge is 0.362 e. The predicted molar refractivity (Wildman–Crippen MR) is 72.7 cm³/mol. The zero-order chi connectivity index (χ0) is 14.4. The third-order valence-corrected chi connectivity index (χ3v) is 2.76. The summed E-state index contributed by atoms with van der Waals surface area (Å²) in [7, 11) is 0. The SMILES string of the molecule is CCOC(=O)c1nnsc1NC(=O)Nc1ccncc1. The number of urea groups is 1. The van der Waals surface area contributed by atoms with Gasteiger partial charge in [-0.05, 0) is 19.1 Å². The summed E-state index contributed by atoms with van der Waals surface area (Å²) in [5, 5.41) is 8.96. The van der Waals surface area contributed by atoms with Crippen molar-refractivity contribution in [3.63, 3.8) is 0 Å². The molecule has 0 aromatic carbocycles.